The zero-order chi connectivity index (χ0) is 24.6. The molecule has 0 fully saturated rings. The van der Waals surface area contributed by atoms with E-state index in [1.54, 1.807) is 18.3 Å². The molecule has 2 aromatic carbocycles. The van der Waals surface area contributed by atoms with Crippen LogP contribution in [0.2, 0.25) is 0 Å². The maximum absolute atomic E-state index is 12.6. The average Bonchev–Trinajstić information content (AvgIpc) is 3.33. The van der Waals surface area contributed by atoms with Gasteiger partial charge in [-0.3, -0.25) is 14.9 Å². The van der Waals surface area contributed by atoms with Gasteiger partial charge in [-0.05, 0) is 55.2 Å². The van der Waals surface area contributed by atoms with E-state index < -0.39 is 4.92 Å². The summed E-state index contributed by atoms with van der Waals surface area (Å²) >= 11 is 1.27. The molecule has 7 nitrogen and oxygen atoms in total. The zero-order valence-electron chi connectivity index (χ0n) is 19.7. The molecule has 1 amide bonds. The second kappa shape index (κ2) is 8.87. The van der Waals surface area contributed by atoms with Crippen molar-refractivity contribution in [2.75, 3.05) is 0 Å². The molecular weight excluding hydrogens is 448 g/mol. The number of nitro groups is 1. The number of amides is 1. The summed E-state index contributed by atoms with van der Waals surface area (Å²) < 4.78 is 2.97. The standard InChI is InChI=1S/C26H26N4O3S/c1-16-12-19(17(2)29(16)21-8-6-20(7-9-21)26(3,4)5)15-27-28-25(31)24-14-18-13-22(30(32)33)10-11-23(18)34-24/h6-15H,1-5H3,(H,28,31)/b27-15-. The molecule has 0 aliphatic heterocycles. The Balaban J connectivity index is 1.51. The van der Waals surface area contributed by atoms with E-state index in [1.165, 1.54) is 29.0 Å². The Morgan fingerprint density at radius 2 is 1.79 bits per heavy atom. The van der Waals surface area contributed by atoms with Gasteiger partial charge in [0.1, 0.15) is 0 Å². The van der Waals surface area contributed by atoms with Crippen molar-refractivity contribution in [3.05, 3.63) is 92.1 Å². The van der Waals surface area contributed by atoms with Crippen LogP contribution in [-0.4, -0.2) is 21.6 Å². The minimum absolute atomic E-state index is 0.00122. The molecule has 0 aliphatic rings. The molecule has 1 N–H and O–H groups in total. The Hall–Kier alpha value is -3.78. The molecule has 34 heavy (non-hydrogen) atoms. The van der Waals surface area contributed by atoms with E-state index >= 15 is 0 Å². The lowest BCUT2D eigenvalue weighted by Crippen LogP contribution is -2.16. The maximum Gasteiger partial charge on any atom is 0.281 e. The van der Waals surface area contributed by atoms with Gasteiger partial charge in [-0.1, -0.05) is 32.9 Å². The Labute approximate surface area is 201 Å². The van der Waals surface area contributed by atoms with Crippen LogP contribution in [0, 0.1) is 24.0 Å². The van der Waals surface area contributed by atoms with Gasteiger partial charge in [0.2, 0.25) is 0 Å². The van der Waals surface area contributed by atoms with Crippen LogP contribution in [0.4, 0.5) is 5.69 Å². The van der Waals surface area contributed by atoms with Gasteiger partial charge >= 0.3 is 0 Å². The number of carbonyl (C=O) groups is 1. The third kappa shape index (κ3) is 4.63. The van der Waals surface area contributed by atoms with Crippen molar-refractivity contribution < 1.29 is 9.72 Å². The van der Waals surface area contributed by atoms with Crippen LogP contribution in [0.1, 0.15) is 53.0 Å². The lowest BCUT2D eigenvalue weighted by molar-refractivity contribution is -0.384. The summed E-state index contributed by atoms with van der Waals surface area (Å²) in [6, 6.07) is 16.8. The first-order valence-electron chi connectivity index (χ1n) is 10.9. The highest BCUT2D eigenvalue weighted by Crippen LogP contribution is 2.29. The molecule has 0 unspecified atom stereocenters. The Morgan fingerprint density at radius 1 is 1.09 bits per heavy atom. The molecule has 0 saturated carbocycles. The van der Waals surface area contributed by atoms with E-state index in [1.807, 2.05) is 19.9 Å². The number of hydrazone groups is 1. The van der Waals surface area contributed by atoms with E-state index in [9.17, 15) is 14.9 Å². The molecular formula is C26H26N4O3S. The Bertz CT molecular complexity index is 1420. The minimum Gasteiger partial charge on any atom is -0.318 e. The van der Waals surface area contributed by atoms with Gasteiger partial charge in [0.05, 0.1) is 16.0 Å². The van der Waals surface area contributed by atoms with Gasteiger partial charge in [0.25, 0.3) is 11.6 Å². The zero-order valence-corrected chi connectivity index (χ0v) is 20.6. The number of aryl methyl sites for hydroxylation is 1. The number of nitrogens with zero attached hydrogens (tertiary/aromatic N) is 3. The number of aromatic nitrogens is 1. The largest absolute Gasteiger partial charge is 0.318 e. The van der Waals surface area contributed by atoms with Crippen LogP contribution in [0.15, 0.2) is 59.7 Å². The number of benzene rings is 2. The van der Waals surface area contributed by atoms with Crippen LogP contribution < -0.4 is 5.43 Å². The molecule has 0 radical (unpaired) electrons. The van der Waals surface area contributed by atoms with Crippen molar-refractivity contribution in [2.45, 2.75) is 40.0 Å². The first-order valence-corrected chi connectivity index (χ1v) is 11.7. The second-order valence-corrected chi connectivity index (χ2v) is 10.3. The average molecular weight is 475 g/mol. The molecule has 4 aromatic rings. The highest BCUT2D eigenvalue weighted by Gasteiger charge is 2.15. The smallest absolute Gasteiger partial charge is 0.281 e. The number of carbonyl (C=O) groups excluding carboxylic acids is 1. The molecule has 174 valence electrons. The Morgan fingerprint density at radius 3 is 2.44 bits per heavy atom. The molecule has 0 aliphatic carbocycles. The van der Waals surface area contributed by atoms with Crippen molar-refractivity contribution in [1.29, 1.82) is 0 Å². The molecule has 0 saturated heterocycles. The summed E-state index contributed by atoms with van der Waals surface area (Å²) in [6.45, 7) is 10.6. The van der Waals surface area contributed by atoms with Gasteiger partial charge in [0.15, 0.2) is 0 Å². The van der Waals surface area contributed by atoms with Crippen molar-refractivity contribution in [2.24, 2.45) is 5.10 Å². The predicted molar refractivity (Wildman–Crippen MR) is 137 cm³/mol. The summed E-state index contributed by atoms with van der Waals surface area (Å²) in [4.78, 5) is 23.5. The third-order valence-corrected chi connectivity index (χ3v) is 6.88. The van der Waals surface area contributed by atoms with Crippen LogP contribution in [0.3, 0.4) is 0 Å². The first kappa shape index (κ1) is 23.4. The fourth-order valence-electron chi connectivity index (χ4n) is 3.90. The molecule has 0 atom stereocenters. The number of fused-ring (bicyclic) bond motifs is 1. The predicted octanol–water partition coefficient (Wildman–Crippen LogP) is 6.28. The topological polar surface area (TPSA) is 89.5 Å². The number of rotatable bonds is 5. The summed E-state index contributed by atoms with van der Waals surface area (Å²) in [5.41, 5.74) is 8.01. The van der Waals surface area contributed by atoms with E-state index in [2.05, 4.69) is 60.1 Å². The normalized spacial score (nSPS) is 11.9. The van der Waals surface area contributed by atoms with Gasteiger partial charge in [-0.15, -0.1) is 11.3 Å². The molecule has 2 heterocycles. The molecule has 8 heteroatoms. The number of non-ortho nitro benzene ring substituents is 1. The number of nitro benzene ring substituents is 1. The van der Waals surface area contributed by atoms with Gasteiger partial charge in [-0.25, -0.2) is 5.43 Å². The van der Waals surface area contributed by atoms with Gasteiger partial charge < -0.3 is 4.57 Å². The lowest BCUT2D eigenvalue weighted by Gasteiger charge is -2.20. The van der Waals surface area contributed by atoms with Crippen molar-refractivity contribution in [3.8, 4) is 5.69 Å². The molecule has 0 bridgehead atoms. The van der Waals surface area contributed by atoms with E-state index in [0.29, 0.717) is 10.3 Å². The molecule has 4 rings (SSSR count). The van der Waals surface area contributed by atoms with E-state index in [0.717, 1.165) is 27.3 Å². The van der Waals surface area contributed by atoms with Crippen molar-refractivity contribution in [1.82, 2.24) is 9.99 Å². The third-order valence-electron chi connectivity index (χ3n) is 5.77. The van der Waals surface area contributed by atoms with Crippen LogP contribution in [-0.2, 0) is 5.41 Å². The van der Waals surface area contributed by atoms with Crippen LogP contribution in [0.25, 0.3) is 15.8 Å². The van der Waals surface area contributed by atoms with E-state index in [-0.39, 0.29) is 17.0 Å². The maximum atomic E-state index is 12.6. The minimum atomic E-state index is -0.448. The Kier molecular flexibility index (Phi) is 6.10. The number of thiophene rings is 1. The number of nitrogens with one attached hydrogen (secondary N) is 1. The number of hydrogen-bond acceptors (Lipinski definition) is 5. The summed E-state index contributed by atoms with van der Waals surface area (Å²) in [6.07, 6.45) is 1.64. The lowest BCUT2D eigenvalue weighted by atomic mass is 9.87. The molecule has 2 aromatic heterocycles. The number of hydrogen-bond donors (Lipinski definition) is 1. The quantitative estimate of drug-likeness (QED) is 0.210. The fraction of sp³-hybridized carbons (Fsp3) is 0.231. The molecule has 0 spiro atoms. The van der Waals surface area contributed by atoms with Gasteiger partial charge in [-0.2, -0.15) is 5.10 Å². The highest BCUT2D eigenvalue weighted by molar-refractivity contribution is 7.20. The summed E-state index contributed by atoms with van der Waals surface area (Å²) in [5.74, 6) is -0.355. The fourth-order valence-corrected chi connectivity index (χ4v) is 4.83. The van der Waals surface area contributed by atoms with Crippen LogP contribution >= 0.6 is 11.3 Å². The van der Waals surface area contributed by atoms with Crippen LogP contribution in [0.5, 0.6) is 0 Å². The highest BCUT2D eigenvalue weighted by atomic mass is 32.1. The second-order valence-electron chi connectivity index (χ2n) is 9.25. The first-order chi connectivity index (χ1) is 16.0. The van der Waals surface area contributed by atoms with Crippen molar-refractivity contribution >= 4 is 39.2 Å². The SMILES string of the molecule is Cc1cc(/C=N\NC(=O)c2cc3cc([N+](=O)[O-])ccc3s2)c(C)n1-c1ccc(C(C)(C)C)cc1. The van der Waals surface area contributed by atoms with E-state index in [4.69, 9.17) is 0 Å². The summed E-state index contributed by atoms with van der Waals surface area (Å²) in [7, 11) is 0. The van der Waals surface area contributed by atoms with Crippen molar-refractivity contribution in [3.63, 3.8) is 0 Å². The van der Waals surface area contributed by atoms with Gasteiger partial charge in [0, 0.05) is 44.9 Å². The monoisotopic (exact) mass is 474 g/mol. The summed E-state index contributed by atoms with van der Waals surface area (Å²) in [5, 5.41) is 15.8.